The summed E-state index contributed by atoms with van der Waals surface area (Å²) in [4.78, 5) is 4.22. The quantitative estimate of drug-likeness (QED) is 0.608. The molecule has 3 rings (SSSR count). The Morgan fingerprint density at radius 3 is 2.54 bits per heavy atom. The van der Waals surface area contributed by atoms with Crippen LogP contribution in [0.15, 0.2) is 72.9 Å². The number of benzene rings is 2. The molecule has 4 heteroatoms. The molecule has 2 aromatic carbocycles. The molecule has 0 amide bonds. The molecule has 3 aromatic rings. The minimum atomic E-state index is 0.462. The molecule has 0 aliphatic heterocycles. The first-order valence-electron chi connectivity index (χ1n) is 8.18. The van der Waals surface area contributed by atoms with Crippen LogP contribution in [0.2, 0.25) is 0 Å². The topological polar surface area (TPSA) is 55.1 Å². The van der Waals surface area contributed by atoms with Gasteiger partial charge in [-0.25, -0.2) is 0 Å². The van der Waals surface area contributed by atoms with Gasteiger partial charge in [-0.2, -0.15) is 5.26 Å². The molecular weight excluding hydrogens is 324 g/mol. The number of allylic oxidation sites excluding steroid dienone is 1. The maximum atomic E-state index is 9.42. The smallest absolute Gasteiger partial charge is 0.161 e. The highest BCUT2D eigenvalue weighted by molar-refractivity contribution is 5.88. The Morgan fingerprint density at radius 1 is 1.04 bits per heavy atom. The summed E-state index contributed by atoms with van der Waals surface area (Å²) in [5.74, 6) is 1.28. The molecule has 0 aliphatic rings. The Labute approximate surface area is 153 Å². The van der Waals surface area contributed by atoms with E-state index in [1.165, 1.54) is 0 Å². The van der Waals surface area contributed by atoms with Gasteiger partial charge in [0.15, 0.2) is 11.5 Å². The second kappa shape index (κ2) is 8.50. The van der Waals surface area contributed by atoms with E-state index in [1.54, 1.807) is 19.4 Å². The van der Waals surface area contributed by atoms with E-state index in [2.05, 4.69) is 11.1 Å². The van der Waals surface area contributed by atoms with Crippen LogP contribution in [0.4, 0.5) is 0 Å². The summed E-state index contributed by atoms with van der Waals surface area (Å²) in [6.07, 6.45) is 3.45. The third kappa shape index (κ3) is 4.28. The predicted octanol–water partition coefficient (Wildman–Crippen LogP) is 4.73. The van der Waals surface area contributed by atoms with E-state index in [0.29, 0.717) is 29.4 Å². The van der Waals surface area contributed by atoms with Crippen molar-refractivity contribution in [1.82, 2.24) is 4.98 Å². The first kappa shape index (κ1) is 17.2. The van der Waals surface area contributed by atoms with Crippen molar-refractivity contribution in [2.24, 2.45) is 0 Å². The molecule has 0 radical (unpaired) electrons. The van der Waals surface area contributed by atoms with E-state index in [0.717, 1.165) is 11.1 Å². The van der Waals surface area contributed by atoms with E-state index >= 15 is 0 Å². The van der Waals surface area contributed by atoms with Crippen LogP contribution in [0.1, 0.15) is 16.8 Å². The third-order valence-corrected chi connectivity index (χ3v) is 3.80. The third-order valence-electron chi connectivity index (χ3n) is 3.80. The standard InChI is InChI=1S/C22H18N2O2/c1-25-22-14-18(13-19(15-23)20-9-5-6-12-24-20)10-11-21(22)26-16-17-7-3-2-4-8-17/h2-14H,16H2,1H3/b19-13+. The summed E-state index contributed by atoms with van der Waals surface area (Å²) in [5, 5.41) is 9.42. The van der Waals surface area contributed by atoms with Gasteiger partial charge in [0.25, 0.3) is 0 Å². The molecule has 0 unspecified atom stereocenters. The molecule has 0 aliphatic carbocycles. The van der Waals surface area contributed by atoms with Crippen molar-refractivity contribution < 1.29 is 9.47 Å². The summed E-state index contributed by atoms with van der Waals surface area (Å²) >= 11 is 0. The van der Waals surface area contributed by atoms with Crippen LogP contribution in [0.25, 0.3) is 11.6 Å². The summed E-state index contributed by atoms with van der Waals surface area (Å²) in [5.41, 5.74) is 3.06. The maximum absolute atomic E-state index is 9.42. The minimum Gasteiger partial charge on any atom is -0.493 e. The summed E-state index contributed by atoms with van der Waals surface area (Å²) in [7, 11) is 1.60. The molecule has 0 saturated heterocycles. The number of aromatic nitrogens is 1. The number of ether oxygens (including phenoxy) is 2. The Hall–Kier alpha value is -3.58. The number of rotatable bonds is 6. The van der Waals surface area contributed by atoms with Crippen molar-refractivity contribution in [3.8, 4) is 17.6 Å². The fourth-order valence-corrected chi connectivity index (χ4v) is 2.48. The van der Waals surface area contributed by atoms with Crippen molar-refractivity contribution in [2.45, 2.75) is 6.61 Å². The SMILES string of the molecule is COc1cc(/C=C(\C#N)c2ccccn2)ccc1OCc1ccccc1. The highest BCUT2D eigenvalue weighted by Crippen LogP contribution is 2.30. The lowest BCUT2D eigenvalue weighted by molar-refractivity contribution is 0.284. The van der Waals surface area contributed by atoms with Crippen LogP contribution in [-0.2, 0) is 6.61 Å². The number of hydrogen-bond acceptors (Lipinski definition) is 4. The first-order chi connectivity index (χ1) is 12.8. The predicted molar refractivity (Wildman–Crippen MR) is 101 cm³/mol. The molecule has 0 bridgehead atoms. The lowest BCUT2D eigenvalue weighted by Gasteiger charge is -2.11. The Balaban J connectivity index is 1.82. The van der Waals surface area contributed by atoms with Gasteiger partial charge < -0.3 is 9.47 Å². The second-order valence-corrected chi connectivity index (χ2v) is 5.57. The normalized spacial score (nSPS) is 10.8. The fraction of sp³-hybridized carbons (Fsp3) is 0.0909. The molecule has 0 N–H and O–H groups in total. The fourth-order valence-electron chi connectivity index (χ4n) is 2.48. The van der Waals surface area contributed by atoms with Gasteiger partial charge in [0.05, 0.1) is 18.4 Å². The zero-order valence-electron chi connectivity index (χ0n) is 14.4. The van der Waals surface area contributed by atoms with E-state index in [4.69, 9.17) is 9.47 Å². The van der Waals surface area contributed by atoms with Crippen molar-refractivity contribution in [3.63, 3.8) is 0 Å². The van der Waals surface area contributed by atoms with Gasteiger partial charge in [-0.15, -0.1) is 0 Å². The summed E-state index contributed by atoms with van der Waals surface area (Å²) < 4.78 is 11.3. The lowest BCUT2D eigenvalue weighted by Crippen LogP contribution is -1.97. The van der Waals surface area contributed by atoms with Crippen LogP contribution < -0.4 is 9.47 Å². The summed E-state index contributed by atoms with van der Waals surface area (Å²) in [6, 6.07) is 23.2. The van der Waals surface area contributed by atoms with Crippen LogP contribution in [0.3, 0.4) is 0 Å². The van der Waals surface area contributed by atoms with Crippen molar-refractivity contribution >= 4 is 11.6 Å². The lowest BCUT2D eigenvalue weighted by atomic mass is 10.1. The number of nitriles is 1. The Morgan fingerprint density at radius 2 is 1.85 bits per heavy atom. The molecular formula is C22H18N2O2. The average molecular weight is 342 g/mol. The zero-order valence-corrected chi connectivity index (χ0v) is 14.4. The van der Waals surface area contributed by atoms with Crippen LogP contribution in [0, 0.1) is 11.3 Å². The number of nitrogens with zero attached hydrogens (tertiary/aromatic N) is 2. The van der Waals surface area contributed by atoms with Crippen molar-refractivity contribution in [3.05, 3.63) is 89.7 Å². The molecule has 1 aromatic heterocycles. The van der Waals surface area contributed by atoms with E-state index in [9.17, 15) is 5.26 Å². The molecule has 1 heterocycles. The van der Waals surface area contributed by atoms with Gasteiger partial charge in [0.1, 0.15) is 12.7 Å². The van der Waals surface area contributed by atoms with Crippen LogP contribution in [-0.4, -0.2) is 12.1 Å². The minimum absolute atomic E-state index is 0.462. The van der Waals surface area contributed by atoms with Gasteiger partial charge in [0.2, 0.25) is 0 Å². The van der Waals surface area contributed by atoms with E-state index in [-0.39, 0.29) is 0 Å². The van der Waals surface area contributed by atoms with Gasteiger partial charge in [0, 0.05) is 6.20 Å². The Bertz CT molecular complexity index is 929. The number of pyridine rings is 1. The number of methoxy groups -OCH3 is 1. The highest BCUT2D eigenvalue weighted by atomic mass is 16.5. The van der Waals surface area contributed by atoms with Gasteiger partial charge in [-0.05, 0) is 41.5 Å². The Kier molecular flexibility index (Phi) is 5.64. The van der Waals surface area contributed by atoms with Gasteiger partial charge in [-0.1, -0.05) is 42.5 Å². The molecule has 0 atom stereocenters. The van der Waals surface area contributed by atoms with Crippen molar-refractivity contribution in [2.75, 3.05) is 7.11 Å². The highest BCUT2D eigenvalue weighted by Gasteiger charge is 2.07. The monoisotopic (exact) mass is 342 g/mol. The molecule has 4 nitrogen and oxygen atoms in total. The maximum Gasteiger partial charge on any atom is 0.161 e. The van der Waals surface area contributed by atoms with Gasteiger partial charge >= 0.3 is 0 Å². The van der Waals surface area contributed by atoms with Crippen molar-refractivity contribution in [1.29, 1.82) is 5.26 Å². The van der Waals surface area contributed by atoms with Crippen LogP contribution in [0.5, 0.6) is 11.5 Å². The van der Waals surface area contributed by atoms with Gasteiger partial charge in [-0.3, -0.25) is 4.98 Å². The molecule has 26 heavy (non-hydrogen) atoms. The molecule has 0 fully saturated rings. The largest absolute Gasteiger partial charge is 0.493 e. The molecule has 128 valence electrons. The van der Waals surface area contributed by atoms with Crippen LogP contribution >= 0.6 is 0 Å². The molecule has 0 saturated carbocycles. The van der Waals surface area contributed by atoms with E-state index in [1.807, 2.05) is 66.7 Å². The first-order valence-corrected chi connectivity index (χ1v) is 8.18. The second-order valence-electron chi connectivity index (χ2n) is 5.57. The zero-order chi connectivity index (χ0) is 18.2. The number of hydrogen-bond donors (Lipinski definition) is 0. The molecule has 0 spiro atoms. The summed E-state index contributed by atoms with van der Waals surface area (Å²) in [6.45, 7) is 0.462. The van der Waals surface area contributed by atoms with E-state index < -0.39 is 0 Å². The average Bonchev–Trinajstić information content (AvgIpc) is 2.72.